The first-order chi connectivity index (χ1) is 29.1. The first-order valence-electron chi connectivity index (χ1n) is 20.2. The lowest BCUT2D eigenvalue weighted by molar-refractivity contribution is 0.629. The van der Waals surface area contributed by atoms with Gasteiger partial charge in [0.1, 0.15) is 11.3 Å². The minimum atomic E-state index is 0.920. The van der Waals surface area contributed by atoms with Crippen LogP contribution in [0.3, 0.4) is 0 Å². The number of hydrogen-bond donors (Lipinski definition) is 0. The number of nitrogens with zero attached hydrogens (tertiary/aromatic N) is 1. The van der Waals surface area contributed by atoms with Crippen molar-refractivity contribution in [2.24, 2.45) is 0 Å². The average Bonchev–Trinajstić information content (AvgIpc) is 3.66. The Kier molecular flexibility index (Phi) is 9.50. The monoisotopic (exact) mass is 755 g/mol. The summed E-state index contributed by atoms with van der Waals surface area (Å²) in [6, 6.07) is 82.3. The van der Waals surface area contributed by atoms with Crippen LogP contribution in [-0.4, -0.2) is 0 Å². The van der Waals surface area contributed by atoms with Crippen LogP contribution in [0.4, 0.5) is 17.1 Å². The molecule has 0 bridgehead atoms. The molecule has 0 amide bonds. The van der Waals surface area contributed by atoms with Crippen molar-refractivity contribution in [1.29, 1.82) is 0 Å². The molecule has 9 aromatic carbocycles. The Morgan fingerprint density at radius 1 is 0.288 bits per heavy atom. The molecule has 0 fully saturated rings. The smallest absolute Gasteiger partial charge is 0.138 e. The summed E-state index contributed by atoms with van der Waals surface area (Å²) in [5.74, 6) is 0.926. The van der Waals surface area contributed by atoms with E-state index < -0.39 is 0 Å². The summed E-state index contributed by atoms with van der Waals surface area (Å²) >= 11 is 0. The Balaban J connectivity index is 0.940. The first-order valence-corrected chi connectivity index (χ1v) is 20.2. The van der Waals surface area contributed by atoms with E-state index in [2.05, 4.69) is 230 Å². The standard InChI is InChI=1S/C57H41NO/c1-40-55-20-8-9-21-56(55)59-57(40)51-19-11-18-50(39-51)46-24-22-43(23-25-46)45-28-34-53(35-29-45)58(52-32-26-44(27-33-52)41-12-4-2-5-13-41)54-36-30-47(31-37-54)49-17-10-16-48(38-49)42-14-6-3-7-15-42/h2-39H,1H3. The first kappa shape index (κ1) is 35.7. The number of benzene rings is 9. The van der Waals surface area contributed by atoms with E-state index in [1.165, 1.54) is 55.6 Å². The Morgan fingerprint density at radius 3 is 1.07 bits per heavy atom. The summed E-state index contributed by atoms with van der Waals surface area (Å²) in [6.45, 7) is 2.14. The molecule has 0 N–H and O–H groups in total. The highest BCUT2D eigenvalue weighted by Crippen LogP contribution is 2.39. The summed E-state index contributed by atoms with van der Waals surface area (Å²) < 4.78 is 6.30. The van der Waals surface area contributed by atoms with Crippen molar-refractivity contribution in [2.75, 3.05) is 4.90 Å². The maximum atomic E-state index is 6.30. The minimum Gasteiger partial charge on any atom is -0.456 e. The molecule has 0 radical (unpaired) electrons. The van der Waals surface area contributed by atoms with Crippen LogP contribution in [0, 0.1) is 6.92 Å². The van der Waals surface area contributed by atoms with Crippen molar-refractivity contribution in [3.05, 3.63) is 236 Å². The largest absolute Gasteiger partial charge is 0.456 e. The molecule has 2 heteroatoms. The number of furan rings is 1. The minimum absolute atomic E-state index is 0.920. The highest BCUT2D eigenvalue weighted by Gasteiger charge is 2.16. The van der Waals surface area contributed by atoms with Crippen LogP contribution in [0.25, 0.3) is 77.9 Å². The van der Waals surface area contributed by atoms with Crippen molar-refractivity contribution in [3.8, 4) is 67.0 Å². The second-order valence-electron chi connectivity index (χ2n) is 15.0. The van der Waals surface area contributed by atoms with Crippen LogP contribution in [0.15, 0.2) is 235 Å². The van der Waals surface area contributed by atoms with E-state index in [4.69, 9.17) is 4.42 Å². The number of aryl methyl sites for hydroxylation is 1. The zero-order chi connectivity index (χ0) is 39.5. The second-order valence-corrected chi connectivity index (χ2v) is 15.0. The number of anilines is 3. The van der Waals surface area contributed by atoms with E-state index in [1.54, 1.807) is 0 Å². The van der Waals surface area contributed by atoms with Gasteiger partial charge in [0.15, 0.2) is 0 Å². The lowest BCUT2D eigenvalue weighted by Crippen LogP contribution is -2.09. The Hall–Kier alpha value is -7.68. The fourth-order valence-electron chi connectivity index (χ4n) is 8.14. The predicted octanol–water partition coefficient (Wildman–Crippen LogP) is 16.2. The quantitative estimate of drug-likeness (QED) is 0.146. The molecule has 1 heterocycles. The lowest BCUT2D eigenvalue weighted by atomic mass is 9.97. The van der Waals surface area contributed by atoms with Crippen molar-refractivity contribution in [3.63, 3.8) is 0 Å². The maximum absolute atomic E-state index is 6.30. The SMILES string of the molecule is Cc1c(-c2cccc(-c3ccc(-c4ccc(N(c5ccc(-c6ccccc6)cc5)c5ccc(-c6cccc(-c7ccccc7)c6)cc5)cc4)cc3)c2)oc2ccccc12. The zero-order valence-corrected chi connectivity index (χ0v) is 32.8. The molecule has 0 saturated heterocycles. The number of para-hydroxylation sites is 1. The van der Waals surface area contributed by atoms with Gasteiger partial charge in [0.2, 0.25) is 0 Å². The molecule has 10 aromatic rings. The average molecular weight is 756 g/mol. The Labute approximate surface area is 345 Å². The van der Waals surface area contributed by atoms with Gasteiger partial charge >= 0.3 is 0 Å². The van der Waals surface area contributed by atoms with Crippen LogP contribution < -0.4 is 4.90 Å². The van der Waals surface area contributed by atoms with E-state index in [9.17, 15) is 0 Å². The van der Waals surface area contributed by atoms with Gasteiger partial charge in [-0.25, -0.2) is 0 Å². The molecule has 0 aliphatic heterocycles. The summed E-state index contributed by atoms with van der Waals surface area (Å²) in [5.41, 5.74) is 18.3. The summed E-state index contributed by atoms with van der Waals surface area (Å²) in [7, 11) is 0. The van der Waals surface area contributed by atoms with E-state index in [-0.39, 0.29) is 0 Å². The maximum Gasteiger partial charge on any atom is 0.138 e. The van der Waals surface area contributed by atoms with Crippen LogP contribution >= 0.6 is 0 Å². The molecule has 0 aliphatic carbocycles. The third-order valence-corrected chi connectivity index (χ3v) is 11.3. The van der Waals surface area contributed by atoms with Crippen molar-refractivity contribution >= 4 is 28.0 Å². The predicted molar refractivity (Wildman–Crippen MR) is 248 cm³/mol. The van der Waals surface area contributed by atoms with Gasteiger partial charge in [-0.3, -0.25) is 0 Å². The van der Waals surface area contributed by atoms with Gasteiger partial charge in [-0.05, 0) is 117 Å². The van der Waals surface area contributed by atoms with E-state index in [0.29, 0.717) is 0 Å². The topological polar surface area (TPSA) is 16.4 Å². The second kappa shape index (κ2) is 15.7. The Morgan fingerprint density at radius 2 is 0.610 bits per heavy atom. The number of hydrogen-bond acceptors (Lipinski definition) is 2. The highest BCUT2D eigenvalue weighted by molar-refractivity contribution is 5.88. The number of rotatable bonds is 9. The van der Waals surface area contributed by atoms with Gasteiger partial charge in [-0.15, -0.1) is 0 Å². The molecule has 2 nitrogen and oxygen atoms in total. The van der Waals surface area contributed by atoms with Crippen LogP contribution in [0.5, 0.6) is 0 Å². The van der Waals surface area contributed by atoms with E-state index in [0.717, 1.165) is 44.9 Å². The third-order valence-electron chi connectivity index (χ3n) is 11.3. The Bertz CT molecular complexity index is 3000. The molecular formula is C57H41NO. The molecule has 0 unspecified atom stereocenters. The summed E-state index contributed by atoms with van der Waals surface area (Å²) in [4.78, 5) is 2.34. The number of fused-ring (bicyclic) bond motifs is 1. The van der Waals surface area contributed by atoms with Crippen molar-refractivity contribution in [2.45, 2.75) is 6.92 Å². The normalized spacial score (nSPS) is 11.1. The van der Waals surface area contributed by atoms with Gasteiger partial charge in [0, 0.05) is 33.6 Å². The summed E-state index contributed by atoms with van der Waals surface area (Å²) in [6.07, 6.45) is 0. The van der Waals surface area contributed by atoms with Crippen LogP contribution in [-0.2, 0) is 0 Å². The molecule has 0 saturated carbocycles. The van der Waals surface area contributed by atoms with Gasteiger partial charge in [-0.1, -0.05) is 176 Å². The molecular weight excluding hydrogens is 715 g/mol. The third kappa shape index (κ3) is 7.25. The molecule has 0 spiro atoms. The zero-order valence-electron chi connectivity index (χ0n) is 32.8. The van der Waals surface area contributed by atoms with Gasteiger partial charge in [0.25, 0.3) is 0 Å². The molecule has 1 aromatic heterocycles. The highest BCUT2D eigenvalue weighted by atomic mass is 16.3. The molecule has 59 heavy (non-hydrogen) atoms. The van der Waals surface area contributed by atoms with Gasteiger partial charge in [-0.2, -0.15) is 0 Å². The summed E-state index contributed by atoms with van der Waals surface area (Å²) in [5, 5.41) is 1.16. The molecule has 0 aliphatic rings. The molecule has 280 valence electrons. The van der Waals surface area contributed by atoms with Gasteiger partial charge < -0.3 is 9.32 Å². The fourth-order valence-corrected chi connectivity index (χ4v) is 8.14. The van der Waals surface area contributed by atoms with E-state index >= 15 is 0 Å². The van der Waals surface area contributed by atoms with Gasteiger partial charge in [0.05, 0.1) is 0 Å². The van der Waals surface area contributed by atoms with Crippen molar-refractivity contribution in [1.82, 2.24) is 0 Å². The van der Waals surface area contributed by atoms with Crippen molar-refractivity contribution < 1.29 is 4.42 Å². The fraction of sp³-hybridized carbons (Fsp3) is 0.0175. The van der Waals surface area contributed by atoms with E-state index in [1.807, 2.05) is 12.1 Å². The lowest BCUT2D eigenvalue weighted by Gasteiger charge is -2.26. The molecule has 10 rings (SSSR count). The molecule has 0 atom stereocenters. The van der Waals surface area contributed by atoms with Crippen LogP contribution in [0.1, 0.15) is 5.56 Å². The van der Waals surface area contributed by atoms with Crippen LogP contribution in [0.2, 0.25) is 0 Å².